The summed E-state index contributed by atoms with van der Waals surface area (Å²) < 4.78 is 4.67. The Bertz CT molecular complexity index is 938. The Morgan fingerprint density at radius 2 is 1.92 bits per heavy atom. The molecule has 3 aromatic rings. The number of aromatic nitrogens is 2. The Balaban J connectivity index is 1.96. The van der Waals surface area contributed by atoms with Crippen LogP contribution in [-0.2, 0) is 4.74 Å². The fourth-order valence-corrected chi connectivity index (χ4v) is 2.40. The van der Waals surface area contributed by atoms with Gasteiger partial charge < -0.3 is 10.1 Å². The lowest BCUT2D eigenvalue weighted by Crippen LogP contribution is -2.14. The molecular weight excluding hydrogens is 330 g/mol. The lowest BCUT2D eigenvalue weighted by molar-refractivity contribution is 0.0600. The summed E-state index contributed by atoms with van der Waals surface area (Å²) in [6.45, 7) is 0. The number of hydrogen-bond acceptors (Lipinski definition) is 5. The number of nitrogens with one attached hydrogen (secondary N) is 1. The van der Waals surface area contributed by atoms with Crippen LogP contribution in [0.4, 0.5) is 5.69 Å². The number of fused-ring (bicyclic) bond motifs is 1. The molecule has 0 saturated heterocycles. The number of anilines is 1. The molecule has 0 spiro atoms. The lowest BCUT2D eigenvalue weighted by Gasteiger charge is -2.10. The molecular formula is C17H12ClN3O3. The van der Waals surface area contributed by atoms with Gasteiger partial charge in [-0.15, -0.1) is 0 Å². The molecule has 0 bridgehead atoms. The first-order chi connectivity index (χ1) is 11.6. The lowest BCUT2D eigenvalue weighted by atomic mass is 10.1. The highest BCUT2D eigenvalue weighted by molar-refractivity contribution is 6.34. The zero-order valence-electron chi connectivity index (χ0n) is 12.6. The molecule has 7 heteroatoms. The van der Waals surface area contributed by atoms with Gasteiger partial charge in [-0.2, -0.15) is 0 Å². The van der Waals surface area contributed by atoms with E-state index in [-0.39, 0.29) is 5.56 Å². The monoisotopic (exact) mass is 341 g/mol. The van der Waals surface area contributed by atoms with E-state index in [1.54, 1.807) is 24.4 Å². The molecule has 0 aliphatic rings. The fourth-order valence-electron chi connectivity index (χ4n) is 2.23. The van der Waals surface area contributed by atoms with Crippen molar-refractivity contribution in [3.8, 4) is 0 Å². The minimum absolute atomic E-state index is 0.287. The van der Waals surface area contributed by atoms with E-state index in [1.165, 1.54) is 31.5 Å². The Hall–Kier alpha value is -2.99. The van der Waals surface area contributed by atoms with Gasteiger partial charge in [0, 0.05) is 12.4 Å². The highest BCUT2D eigenvalue weighted by Gasteiger charge is 2.15. The van der Waals surface area contributed by atoms with E-state index in [0.717, 1.165) is 0 Å². The number of para-hydroxylation sites is 1. The highest BCUT2D eigenvalue weighted by Crippen LogP contribution is 2.25. The maximum Gasteiger partial charge on any atom is 0.337 e. The van der Waals surface area contributed by atoms with E-state index in [9.17, 15) is 9.59 Å². The molecule has 6 nitrogen and oxygen atoms in total. The first-order valence-corrected chi connectivity index (χ1v) is 7.37. The molecule has 1 amide bonds. The summed E-state index contributed by atoms with van der Waals surface area (Å²) in [4.78, 5) is 32.6. The van der Waals surface area contributed by atoms with Gasteiger partial charge in [0.2, 0.25) is 0 Å². The predicted molar refractivity (Wildman–Crippen MR) is 90.3 cm³/mol. The van der Waals surface area contributed by atoms with Crippen LogP contribution in [0.3, 0.4) is 0 Å². The summed E-state index contributed by atoms with van der Waals surface area (Å²) in [7, 11) is 1.28. The highest BCUT2D eigenvalue weighted by atomic mass is 35.5. The van der Waals surface area contributed by atoms with E-state index in [0.29, 0.717) is 27.3 Å². The quantitative estimate of drug-likeness (QED) is 0.739. The number of carbonyl (C=O) groups excluding carboxylic acids is 2. The molecule has 1 heterocycles. The van der Waals surface area contributed by atoms with E-state index in [1.807, 2.05) is 0 Å². The van der Waals surface area contributed by atoms with E-state index >= 15 is 0 Å². The summed E-state index contributed by atoms with van der Waals surface area (Å²) in [5.74, 6) is -0.914. The van der Waals surface area contributed by atoms with Crippen LogP contribution < -0.4 is 5.32 Å². The third-order valence-corrected chi connectivity index (χ3v) is 3.71. The van der Waals surface area contributed by atoms with Crippen molar-refractivity contribution >= 4 is 40.2 Å². The molecule has 0 radical (unpaired) electrons. The summed E-state index contributed by atoms with van der Waals surface area (Å²) in [5.41, 5.74) is 2.05. The van der Waals surface area contributed by atoms with Gasteiger partial charge in [-0.1, -0.05) is 17.7 Å². The van der Waals surface area contributed by atoms with Crippen LogP contribution in [-0.4, -0.2) is 29.0 Å². The van der Waals surface area contributed by atoms with Crippen molar-refractivity contribution in [2.24, 2.45) is 0 Å². The van der Waals surface area contributed by atoms with Crippen LogP contribution in [0, 0.1) is 0 Å². The Morgan fingerprint density at radius 1 is 1.12 bits per heavy atom. The van der Waals surface area contributed by atoms with Gasteiger partial charge in [-0.25, -0.2) is 4.79 Å². The Kier molecular flexibility index (Phi) is 4.39. The largest absolute Gasteiger partial charge is 0.465 e. The normalized spacial score (nSPS) is 10.4. The van der Waals surface area contributed by atoms with Crippen LogP contribution in [0.1, 0.15) is 20.7 Å². The molecule has 3 rings (SSSR count). The van der Waals surface area contributed by atoms with Gasteiger partial charge in [-0.3, -0.25) is 14.8 Å². The second-order valence-corrected chi connectivity index (χ2v) is 5.28. The summed E-state index contributed by atoms with van der Waals surface area (Å²) in [6.07, 6.45) is 3.07. The molecule has 120 valence electrons. The van der Waals surface area contributed by atoms with E-state index in [2.05, 4.69) is 20.0 Å². The fraction of sp³-hybridized carbons (Fsp3) is 0.0588. The number of carbonyl (C=O) groups is 2. The molecule has 0 fully saturated rings. The predicted octanol–water partition coefficient (Wildman–Crippen LogP) is 3.32. The number of benzene rings is 2. The number of amides is 1. The van der Waals surface area contributed by atoms with E-state index < -0.39 is 11.9 Å². The number of nitrogens with zero attached hydrogens (tertiary/aromatic N) is 2. The maximum absolute atomic E-state index is 12.6. The SMILES string of the molecule is COC(=O)c1ccc(Cl)c(NC(=O)c2cccc3nccnc23)c1. The van der Waals surface area contributed by atoms with Crippen molar-refractivity contribution in [2.75, 3.05) is 12.4 Å². The number of esters is 1. The average Bonchev–Trinajstić information content (AvgIpc) is 2.62. The standard InChI is InChI=1S/C17H12ClN3O3/c1-24-17(23)10-5-6-12(18)14(9-10)21-16(22)11-3-2-4-13-15(11)20-8-7-19-13/h2-9H,1H3,(H,21,22). The first-order valence-electron chi connectivity index (χ1n) is 6.99. The summed E-state index contributed by atoms with van der Waals surface area (Å²) >= 11 is 6.10. The molecule has 0 aliphatic heterocycles. The van der Waals surface area contributed by atoms with Crippen LogP contribution in [0.2, 0.25) is 5.02 Å². The van der Waals surface area contributed by atoms with Crippen molar-refractivity contribution in [1.29, 1.82) is 0 Å². The second-order valence-electron chi connectivity index (χ2n) is 4.87. The molecule has 2 aromatic carbocycles. The Labute approximate surface area is 142 Å². The Morgan fingerprint density at radius 3 is 2.71 bits per heavy atom. The van der Waals surface area contributed by atoms with Crippen molar-refractivity contribution in [2.45, 2.75) is 0 Å². The van der Waals surface area contributed by atoms with Crippen LogP contribution in [0.15, 0.2) is 48.8 Å². The first kappa shape index (κ1) is 15.9. The van der Waals surface area contributed by atoms with Crippen molar-refractivity contribution in [3.63, 3.8) is 0 Å². The van der Waals surface area contributed by atoms with Gasteiger partial charge in [0.25, 0.3) is 5.91 Å². The van der Waals surface area contributed by atoms with Gasteiger partial charge >= 0.3 is 5.97 Å². The molecule has 1 N–H and O–H groups in total. The molecule has 0 atom stereocenters. The molecule has 0 unspecified atom stereocenters. The molecule has 0 saturated carbocycles. The number of halogens is 1. The van der Waals surface area contributed by atoms with E-state index in [4.69, 9.17) is 11.6 Å². The minimum atomic E-state index is -0.516. The minimum Gasteiger partial charge on any atom is -0.465 e. The molecule has 24 heavy (non-hydrogen) atoms. The third-order valence-electron chi connectivity index (χ3n) is 3.38. The van der Waals surface area contributed by atoms with Crippen LogP contribution in [0.5, 0.6) is 0 Å². The maximum atomic E-state index is 12.6. The third kappa shape index (κ3) is 3.04. The van der Waals surface area contributed by atoms with Gasteiger partial charge in [0.1, 0.15) is 5.52 Å². The number of methoxy groups -OCH3 is 1. The van der Waals surface area contributed by atoms with Crippen LogP contribution >= 0.6 is 11.6 Å². The number of rotatable bonds is 3. The van der Waals surface area contributed by atoms with Gasteiger partial charge in [0.05, 0.1) is 34.5 Å². The number of hydrogen-bond donors (Lipinski definition) is 1. The van der Waals surface area contributed by atoms with Crippen LogP contribution in [0.25, 0.3) is 11.0 Å². The molecule has 1 aromatic heterocycles. The zero-order chi connectivity index (χ0) is 17.1. The van der Waals surface area contributed by atoms with Crippen molar-refractivity contribution in [1.82, 2.24) is 9.97 Å². The van der Waals surface area contributed by atoms with Gasteiger partial charge in [0.15, 0.2) is 0 Å². The molecule has 0 aliphatic carbocycles. The summed E-state index contributed by atoms with van der Waals surface area (Å²) in [5, 5.41) is 3.00. The van der Waals surface area contributed by atoms with Crippen molar-refractivity contribution in [3.05, 3.63) is 64.9 Å². The van der Waals surface area contributed by atoms with Crippen molar-refractivity contribution < 1.29 is 14.3 Å². The van der Waals surface area contributed by atoms with Gasteiger partial charge in [-0.05, 0) is 30.3 Å². The smallest absolute Gasteiger partial charge is 0.337 e. The number of ether oxygens (including phenoxy) is 1. The topological polar surface area (TPSA) is 81.2 Å². The second kappa shape index (κ2) is 6.64. The average molecular weight is 342 g/mol. The zero-order valence-corrected chi connectivity index (χ0v) is 13.4. The summed E-state index contributed by atoms with van der Waals surface area (Å²) in [6, 6.07) is 9.63.